The summed E-state index contributed by atoms with van der Waals surface area (Å²) < 4.78 is 3.91. The van der Waals surface area contributed by atoms with E-state index in [1.165, 1.54) is 11.5 Å². The minimum absolute atomic E-state index is 0.0864. The number of piperidine rings is 1. The van der Waals surface area contributed by atoms with E-state index in [4.69, 9.17) is 11.6 Å². The van der Waals surface area contributed by atoms with Crippen LogP contribution in [0.3, 0.4) is 0 Å². The van der Waals surface area contributed by atoms with Gasteiger partial charge in [-0.05, 0) is 36.7 Å². The van der Waals surface area contributed by atoms with Crippen molar-refractivity contribution in [2.45, 2.75) is 32.6 Å². The number of aromatic nitrogens is 2. The van der Waals surface area contributed by atoms with Crippen molar-refractivity contribution in [1.82, 2.24) is 14.5 Å². The minimum Gasteiger partial charge on any atom is -0.338 e. The number of hydrogen-bond acceptors (Lipinski definition) is 4. The first-order chi connectivity index (χ1) is 8.76. The summed E-state index contributed by atoms with van der Waals surface area (Å²) in [4.78, 5) is 15.1. The molecular formula is C12H18ClN3OS. The van der Waals surface area contributed by atoms with E-state index in [9.17, 15) is 4.79 Å². The molecule has 0 saturated carbocycles. The van der Waals surface area contributed by atoms with Gasteiger partial charge in [0.2, 0.25) is 0 Å². The van der Waals surface area contributed by atoms with Gasteiger partial charge in [0.1, 0.15) is 4.88 Å². The molecule has 2 rings (SSSR count). The van der Waals surface area contributed by atoms with Crippen LogP contribution in [-0.4, -0.2) is 39.4 Å². The number of carbonyl (C=O) groups excluding carboxylic acids is 1. The molecule has 0 aliphatic carbocycles. The van der Waals surface area contributed by atoms with E-state index in [-0.39, 0.29) is 5.91 Å². The Balaban J connectivity index is 2.08. The monoisotopic (exact) mass is 287 g/mol. The summed E-state index contributed by atoms with van der Waals surface area (Å²) in [6, 6.07) is 0. The number of rotatable bonds is 4. The molecule has 0 bridgehead atoms. The molecule has 0 N–H and O–H groups in total. The van der Waals surface area contributed by atoms with Gasteiger partial charge in [0.15, 0.2) is 0 Å². The smallest absolute Gasteiger partial charge is 0.267 e. The topological polar surface area (TPSA) is 46.1 Å². The third kappa shape index (κ3) is 3.01. The van der Waals surface area contributed by atoms with E-state index in [0.29, 0.717) is 16.7 Å². The highest BCUT2D eigenvalue weighted by Crippen LogP contribution is 2.22. The predicted octanol–water partition coefficient (Wildman–Crippen LogP) is 2.58. The molecular weight excluding hydrogens is 270 g/mol. The van der Waals surface area contributed by atoms with Crippen molar-refractivity contribution in [1.29, 1.82) is 0 Å². The number of nitrogens with zero attached hydrogens (tertiary/aromatic N) is 3. The highest BCUT2D eigenvalue weighted by atomic mass is 35.5. The maximum absolute atomic E-state index is 12.4. The molecule has 1 aliphatic heterocycles. The zero-order valence-electron chi connectivity index (χ0n) is 10.6. The quantitative estimate of drug-likeness (QED) is 0.800. The number of halogens is 1. The minimum atomic E-state index is 0.0864. The standard InChI is InChI=1S/C12H18ClN3OS/c1-2-4-10-11(18-15-14-10)12(17)16-6-3-5-9(7-13)8-16/h9H,2-8H2,1H3. The largest absolute Gasteiger partial charge is 0.338 e. The van der Waals surface area contributed by atoms with Crippen molar-refractivity contribution in [3.63, 3.8) is 0 Å². The van der Waals surface area contributed by atoms with Crippen molar-refractivity contribution in [2.24, 2.45) is 5.92 Å². The van der Waals surface area contributed by atoms with Gasteiger partial charge in [-0.2, -0.15) is 0 Å². The molecule has 0 spiro atoms. The fourth-order valence-electron chi connectivity index (χ4n) is 2.29. The average molecular weight is 288 g/mol. The lowest BCUT2D eigenvalue weighted by Crippen LogP contribution is -2.40. The Labute approximate surface area is 116 Å². The molecule has 1 unspecified atom stereocenters. The van der Waals surface area contributed by atoms with Crippen LogP contribution in [0.15, 0.2) is 0 Å². The van der Waals surface area contributed by atoms with Crippen LogP contribution in [0.25, 0.3) is 0 Å². The van der Waals surface area contributed by atoms with E-state index in [2.05, 4.69) is 16.5 Å². The summed E-state index contributed by atoms with van der Waals surface area (Å²) in [5.74, 6) is 1.15. The van der Waals surface area contributed by atoms with Gasteiger partial charge < -0.3 is 4.90 Å². The van der Waals surface area contributed by atoms with Crippen molar-refractivity contribution >= 4 is 29.0 Å². The van der Waals surface area contributed by atoms with E-state index in [1.54, 1.807) is 0 Å². The molecule has 6 heteroatoms. The van der Waals surface area contributed by atoms with Gasteiger partial charge in [0.05, 0.1) is 5.69 Å². The molecule has 0 aromatic carbocycles. The number of aryl methyl sites for hydroxylation is 1. The van der Waals surface area contributed by atoms with E-state index >= 15 is 0 Å². The van der Waals surface area contributed by atoms with Gasteiger partial charge in [-0.3, -0.25) is 4.79 Å². The van der Waals surface area contributed by atoms with E-state index < -0.39 is 0 Å². The van der Waals surface area contributed by atoms with Crippen LogP contribution in [0, 0.1) is 5.92 Å². The van der Waals surface area contributed by atoms with Gasteiger partial charge in [0, 0.05) is 19.0 Å². The number of hydrogen-bond donors (Lipinski definition) is 0. The van der Waals surface area contributed by atoms with Crippen LogP contribution in [-0.2, 0) is 6.42 Å². The Bertz CT molecular complexity index is 410. The molecule has 1 aromatic rings. The van der Waals surface area contributed by atoms with Crippen molar-refractivity contribution in [2.75, 3.05) is 19.0 Å². The SMILES string of the molecule is CCCc1nnsc1C(=O)N1CCCC(CCl)C1. The lowest BCUT2D eigenvalue weighted by molar-refractivity contribution is 0.0688. The first-order valence-electron chi connectivity index (χ1n) is 6.42. The zero-order valence-corrected chi connectivity index (χ0v) is 12.1. The molecule has 4 nitrogen and oxygen atoms in total. The Hall–Kier alpha value is -0.680. The molecule has 1 saturated heterocycles. The molecule has 1 fully saturated rings. The zero-order chi connectivity index (χ0) is 13.0. The second kappa shape index (κ2) is 6.48. The van der Waals surface area contributed by atoms with Gasteiger partial charge in [-0.1, -0.05) is 17.8 Å². The summed E-state index contributed by atoms with van der Waals surface area (Å²) >= 11 is 7.11. The average Bonchev–Trinajstić information content (AvgIpc) is 2.86. The van der Waals surface area contributed by atoms with Gasteiger partial charge in [0.25, 0.3) is 5.91 Å². The van der Waals surface area contributed by atoms with Crippen LogP contribution in [0.2, 0.25) is 0 Å². The number of likely N-dealkylation sites (tertiary alicyclic amines) is 1. The summed E-state index contributed by atoms with van der Waals surface area (Å²) in [7, 11) is 0. The normalized spacial score (nSPS) is 20.1. The Kier molecular flexibility index (Phi) is 4.95. The lowest BCUT2D eigenvalue weighted by atomic mass is 10.00. The number of alkyl halides is 1. The maximum Gasteiger partial charge on any atom is 0.267 e. The van der Waals surface area contributed by atoms with Crippen LogP contribution >= 0.6 is 23.1 Å². The molecule has 100 valence electrons. The lowest BCUT2D eigenvalue weighted by Gasteiger charge is -2.31. The summed E-state index contributed by atoms with van der Waals surface area (Å²) in [6.45, 7) is 3.68. The first kappa shape index (κ1) is 13.7. The highest BCUT2D eigenvalue weighted by molar-refractivity contribution is 7.08. The number of amides is 1. The molecule has 1 aliphatic rings. The highest BCUT2D eigenvalue weighted by Gasteiger charge is 2.27. The van der Waals surface area contributed by atoms with Gasteiger partial charge in [-0.25, -0.2) is 0 Å². The fraction of sp³-hybridized carbons (Fsp3) is 0.750. The molecule has 2 heterocycles. The predicted molar refractivity (Wildman–Crippen MR) is 73.3 cm³/mol. The van der Waals surface area contributed by atoms with Crippen molar-refractivity contribution < 1.29 is 4.79 Å². The molecule has 0 radical (unpaired) electrons. The third-order valence-corrected chi connectivity index (χ3v) is 4.45. The fourth-order valence-corrected chi connectivity index (χ4v) is 3.22. The third-order valence-electron chi connectivity index (χ3n) is 3.26. The second-order valence-corrected chi connectivity index (χ2v) is 5.78. The summed E-state index contributed by atoms with van der Waals surface area (Å²) in [5.41, 5.74) is 0.848. The Morgan fingerprint density at radius 3 is 3.17 bits per heavy atom. The first-order valence-corrected chi connectivity index (χ1v) is 7.73. The Morgan fingerprint density at radius 2 is 2.44 bits per heavy atom. The summed E-state index contributed by atoms with van der Waals surface area (Å²) in [5, 5.41) is 4.06. The van der Waals surface area contributed by atoms with Gasteiger partial charge >= 0.3 is 0 Å². The van der Waals surface area contributed by atoms with Crippen molar-refractivity contribution in [3.05, 3.63) is 10.6 Å². The summed E-state index contributed by atoms with van der Waals surface area (Å²) in [6.07, 6.45) is 3.97. The van der Waals surface area contributed by atoms with Crippen LogP contribution < -0.4 is 0 Å². The van der Waals surface area contributed by atoms with Crippen LogP contribution in [0.1, 0.15) is 41.6 Å². The molecule has 1 amide bonds. The van der Waals surface area contributed by atoms with E-state index in [0.717, 1.165) is 44.5 Å². The van der Waals surface area contributed by atoms with Crippen molar-refractivity contribution in [3.8, 4) is 0 Å². The Morgan fingerprint density at radius 1 is 1.61 bits per heavy atom. The van der Waals surface area contributed by atoms with Gasteiger partial charge in [-0.15, -0.1) is 16.7 Å². The number of carbonyl (C=O) groups is 1. The van der Waals surface area contributed by atoms with Crippen LogP contribution in [0.4, 0.5) is 0 Å². The molecule has 1 atom stereocenters. The van der Waals surface area contributed by atoms with Crippen LogP contribution in [0.5, 0.6) is 0 Å². The second-order valence-electron chi connectivity index (χ2n) is 4.71. The maximum atomic E-state index is 12.4. The van der Waals surface area contributed by atoms with E-state index in [1.807, 2.05) is 4.90 Å². The molecule has 18 heavy (non-hydrogen) atoms. The molecule has 1 aromatic heterocycles.